The van der Waals surface area contributed by atoms with Crippen LogP contribution in [0.25, 0.3) is 11.1 Å². The van der Waals surface area contributed by atoms with Gasteiger partial charge in [-0.3, -0.25) is 0 Å². The normalized spacial score (nSPS) is 12.5. The van der Waals surface area contributed by atoms with Gasteiger partial charge in [0.25, 0.3) is 6.01 Å². The molecule has 1 heterocycles. The van der Waals surface area contributed by atoms with Gasteiger partial charge in [0.15, 0.2) is 5.58 Å². The van der Waals surface area contributed by atoms with Gasteiger partial charge in [0.2, 0.25) is 0 Å². The lowest BCUT2D eigenvalue weighted by Crippen LogP contribution is -2.21. The molecule has 1 aromatic carbocycles. The summed E-state index contributed by atoms with van der Waals surface area (Å²) in [5.41, 5.74) is 1.35. The number of rotatable bonds is 6. The van der Waals surface area contributed by atoms with Gasteiger partial charge in [0.1, 0.15) is 5.52 Å². The van der Waals surface area contributed by atoms with Crippen molar-refractivity contribution in [1.82, 2.24) is 4.98 Å². The van der Waals surface area contributed by atoms with Crippen molar-refractivity contribution in [1.29, 1.82) is 0 Å². The van der Waals surface area contributed by atoms with Crippen molar-refractivity contribution in [3.8, 4) is 0 Å². The highest BCUT2D eigenvalue weighted by Gasteiger charge is 2.12. The molecule has 2 rings (SSSR count). The van der Waals surface area contributed by atoms with Crippen molar-refractivity contribution < 1.29 is 14.3 Å². The SMILES string of the molecule is CCC(CSC)Nc1nc2ccc(C(=O)O)cc2o1. The average Bonchev–Trinajstić information content (AvgIpc) is 2.79. The minimum Gasteiger partial charge on any atom is -0.478 e. The van der Waals surface area contributed by atoms with E-state index in [0.717, 1.165) is 12.2 Å². The molecule has 2 aromatic rings. The first-order chi connectivity index (χ1) is 9.13. The molecule has 0 saturated heterocycles. The molecule has 0 aliphatic rings. The molecule has 0 aliphatic carbocycles. The summed E-state index contributed by atoms with van der Waals surface area (Å²) in [6.07, 6.45) is 3.02. The number of nitrogens with zero attached hydrogens (tertiary/aromatic N) is 1. The summed E-state index contributed by atoms with van der Waals surface area (Å²) in [6, 6.07) is 5.41. The van der Waals surface area contributed by atoms with Gasteiger partial charge in [-0.1, -0.05) is 6.92 Å². The molecule has 19 heavy (non-hydrogen) atoms. The van der Waals surface area contributed by atoms with Crippen LogP contribution in [0.2, 0.25) is 0 Å². The van der Waals surface area contributed by atoms with Crippen LogP contribution in [0, 0.1) is 0 Å². The number of benzene rings is 1. The average molecular weight is 280 g/mol. The summed E-state index contributed by atoms with van der Waals surface area (Å²) >= 11 is 1.76. The molecular formula is C13H16N2O3S. The first-order valence-corrected chi connectivity index (χ1v) is 7.42. The molecule has 1 unspecified atom stereocenters. The number of carboxylic acids is 1. The smallest absolute Gasteiger partial charge is 0.335 e. The van der Waals surface area contributed by atoms with E-state index in [2.05, 4.69) is 23.5 Å². The third-order valence-corrected chi connectivity index (χ3v) is 3.56. The molecule has 0 radical (unpaired) electrons. The number of aromatic nitrogens is 1. The molecule has 102 valence electrons. The van der Waals surface area contributed by atoms with Gasteiger partial charge in [-0.15, -0.1) is 0 Å². The Balaban J connectivity index is 2.23. The van der Waals surface area contributed by atoms with E-state index < -0.39 is 5.97 Å². The number of anilines is 1. The zero-order valence-electron chi connectivity index (χ0n) is 10.8. The van der Waals surface area contributed by atoms with E-state index in [1.165, 1.54) is 12.1 Å². The predicted octanol–water partition coefficient (Wildman–Crippen LogP) is 3.08. The Bertz CT molecular complexity index is 582. The van der Waals surface area contributed by atoms with Crippen LogP contribution in [-0.2, 0) is 0 Å². The fraction of sp³-hybridized carbons (Fsp3) is 0.385. The molecular weight excluding hydrogens is 264 g/mol. The van der Waals surface area contributed by atoms with Crippen molar-refractivity contribution in [2.75, 3.05) is 17.3 Å². The highest BCUT2D eigenvalue weighted by molar-refractivity contribution is 7.98. The number of hydrogen-bond acceptors (Lipinski definition) is 5. The van der Waals surface area contributed by atoms with Gasteiger partial charge in [0.05, 0.1) is 5.56 Å². The number of hydrogen-bond donors (Lipinski definition) is 2. The third-order valence-electron chi connectivity index (χ3n) is 2.82. The van der Waals surface area contributed by atoms with Gasteiger partial charge in [-0.2, -0.15) is 16.7 Å². The predicted molar refractivity (Wildman–Crippen MR) is 77.1 cm³/mol. The van der Waals surface area contributed by atoms with Gasteiger partial charge < -0.3 is 14.8 Å². The van der Waals surface area contributed by atoms with Gasteiger partial charge >= 0.3 is 5.97 Å². The standard InChI is InChI=1S/C13H16N2O3S/c1-3-9(7-19-2)14-13-15-10-5-4-8(12(16)17)6-11(10)18-13/h4-6,9H,3,7H2,1-2H3,(H,14,15)(H,16,17). The maximum atomic E-state index is 10.9. The van der Waals surface area contributed by atoms with E-state index in [1.54, 1.807) is 17.8 Å². The molecule has 0 spiro atoms. The second kappa shape index (κ2) is 5.97. The van der Waals surface area contributed by atoms with Crippen molar-refractivity contribution >= 4 is 34.8 Å². The third kappa shape index (κ3) is 3.20. The molecule has 6 heteroatoms. The molecule has 0 saturated carbocycles. The Morgan fingerprint density at radius 1 is 1.58 bits per heavy atom. The molecule has 5 nitrogen and oxygen atoms in total. The topological polar surface area (TPSA) is 75.4 Å². The number of thioether (sulfide) groups is 1. The Morgan fingerprint density at radius 3 is 3.00 bits per heavy atom. The number of aromatic carboxylic acids is 1. The van der Waals surface area contributed by atoms with E-state index in [0.29, 0.717) is 23.2 Å². The van der Waals surface area contributed by atoms with E-state index >= 15 is 0 Å². The molecule has 1 aromatic heterocycles. The van der Waals surface area contributed by atoms with Crippen molar-refractivity contribution in [2.24, 2.45) is 0 Å². The Kier molecular flexibility index (Phi) is 4.31. The summed E-state index contributed by atoms with van der Waals surface area (Å²) in [5, 5.41) is 12.1. The summed E-state index contributed by atoms with van der Waals surface area (Å²) in [6.45, 7) is 2.10. The number of fused-ring (bicyclic) bond motifs is 1. The second-order valence-corrected chi connectivity index (χ2v) is 5.12. The first-order valence-electron chi connectivity index (χ1n) is 6.03. The minimum atomic E-state index is -0.971. The fourth-order valence-corrected chi connectivity index (χ4v) is 2.48. The van der Waals surface area contributed by atoms with Crippen LogP contribution in [0.5, 0.6) is 0 Å². The highest BCUT2D eigenvalue weighted by atomic mass is 32.2. The molecule has 0 aliphatic heterocycles. The van der Waals surface area contributed by atoms with Gasteiger partial charge in [-0.05, 0) is 30.9 Å². The first kappa shape index (κ1) is 13.7. The molecule has 0 amide bonds. The largest absolute Gasteiger partial charge is 0.478 e. The fourth-order valence-electron chi connectivity index (χ4n) is 1.76. The highest BCUT2D eigenvalue weighted by Crippen LogP contribution is 2.21. The Morgan fingerprint density at radius 2 is 2.37 bits per heavy atom. The minimum absolute atomic E-state index is 0.200. The van der Waals surface area contributed by atoms with Gasteiger partial charge in [0, 0.05) is 11.8 Å². The molecule has 0 bridgehead atoms. The van der Waals surface area contributed by atoms with Crippen LogP contribution in [0.15, 0.2) is 22.6 Å². The van der Waals surface area contributed by atoms with E-state index in [1.807, 2.05) is 0 Å². The second-order valence-electron chi connectivity index (χ2n) is 4.21. The van der Waals surface area contributed by atoms with Crippen LogP contribution < -0.4 is 5.32 Å². The number of oxazole rings is 1. The van der Waals surface area contributed by atoms with Crippen molar-refractivity contribution in [3.05, 3.63) is 23.8 Å². The zero-order chi connectivity index (χ0) is 13.8. The molecule has 0 fully saturated rings. The summed E-state index contributed by atoms with van der Waals surface area (Å²) < 4.78 is 5.54. The van der Waals surface area contributed by atoms with Crippen LogP contribution in [0.3, 0.4) is 0 Å². The maximum absolute atomic E-state index is 10.9. The van der Waals surface area contributed by atoms with Crippen molar-refractivity contribution in [3.63, 3.8) is 0 Å². The Hall–Kier alpha value is -1.69. The quantitative estimate of drug-likeness (QED) is 0.847. The number of nitrogens with one attached hydrogen (secondary N) is 1. The lowest BCUT2D eigenvalue weighted by molar-refractivity contribution is 0.0697. The molecule has 2 N–H and O–H groups in total. The van der Waals surface area contributed by atoms with Crippen LogP contribution in [-0.4, -0.2) is 34.1 Å². The molecule has 1 atom stereocenters. The summed E-state index contributed by atoms with van der Waals surface area (Å²) in [4.78, 5) is 15.2. The number of carboxylic acid groups (broad SMARTS) is 1. The van der Waals surface area contributed by atoms with Crippen LogP contribution >= 0.6 is 11.8 Å². The van der Waals surface area contributed by atoms with Gasteiger partial charge in [-0.25, -0.2) is 4.79 Å². The van der Waals surface area contributed by atoms with E-state index in [9.17, 15) is 4.79 Å². The van der Waals surface area contributed by atoms with E-state index in [4.69, 9.17) is 9.52 Å². The maximum Gasteiger partial charge on any atom is 0.335 e. The Labute approximate surface area is 115 Å². The lowest BCUT2D eigenvalue weighted by Gasteiger charge is -2.13. The zero-order valence-corrected chi connectivity index (χ0v) is 11.7. The van der Waals surface area contributed by atoms with Crippen molar-refractivity contribution in [2.45, 2.75) is 19.4 Å². The lowest BCUT2D eigenvalue weighted by atomic mass is 10.2. The number of carbonyl (C=O) groups is 1. The van der Waals surface area contributed by atoms with Crippen LogP contribution in [0.1, 0.15) is 23.7 Å². The van der Waals surface area contributed by atoms with E-state index in [-0.39, 0.29) is 5.56 Å². The summed E-state index contributed by atoms with van der Waals surface area (Å²) in [7, 11) is 0. The summed E-state index contributed by atoms with van der Waals surface area (Å²) in [5.74, 6) is -0.00286. The van der Waals surface area contributed by atoms with Crippen LogP contribution in [0.4, 0.5) is 6.01 Å². The monoisotopic (exact) mass is 280 g/mol.